The Morgan fingerprint density at radius 1 is 1.41 bits per heavy atom. The number of pyridine rings is 1. The van der Waals surface area contributed by atoms with Crippen LogP contribution in [0.15, 0.2) is 45.6 Å². The number of ether oxygens (including phenoxy) is 2. The summed E-state index contributed by atoms with van der Waals surface area (Å²) in [6.07, 6.45) is 4.45. The van der Waals surface area contributed by atoms with E-state index in [1.165, 1.54) is 23.1 Å². The fourth-order valence-corrected chi connectivity index (χ4v) is 5.46. The molecule has 0 aliphatic carbocycles. The van der Waals surface area contributed by atoms with E-state index in [9.17, 15) is 10.2 Å². The number of nitrogens with zero attached hydrogens (tertiary/aromatic N) is 5. The van der Waals surface area contributed by atoms with Crippen LogP contribution in [0.3, 0.4) is 0 Å². The summed E-state index contributed by atoms with van der Waals surface area (Å²) in [4.78, 5) is 9.27. The van der Waals surface area contributed by atoms with Crippen molar-refractivity contribution in [2.24, 2.45) is 0 Å². The van der Waals surface area contributed by atoms with Gasteiger partial charge in [0.05, 0.1) is 12.8 Å². The Hall–Kier alpha value is -1.41. The highest BCUT2D eigenvalue weighted by Crippen LogP contribution is 2.39. The Labute approximate surface area is 183 Å². The van der Waals surface area contributed by atoms with Gasteiger partial charge in [0.25, 0.3) is 0 Å². The van der Waals surface area contributed by atoms with E-state index >= 15 is 0 Å². The van der Waals surface area contributed by atoms with Gasteiger partial charge >= 0.3 is 0 Å². The molecule has 0 aromatic carbocycles. The summed E-state index contributed by atoms with van der Waals surface area (Å²) in [6, 6.07) is 1.31. The van der Waals surface area contributed by atoms with Gasteiger partial charge in [-0.05, 0) is 22.0 Å². The Bertz CT molecular complexity index is 944. The summed E-state index contributed by atoms with van der Waals surface area (Å²) in [5.41, 5.74) is 0.101. The van der Waals surface area contributed by atoms with E-state index in [1.807, 2.05) is 11.4 Å². The van der Waals surface area contributed by atoms with E-state index < -0.39 is 29.8 Å². The van der Waals surface area contributed by atoms with Crippen LogP contribution in [0, 0.1) is 0 Å². The lowest BCUT2D eigenvalue weighted by Gasteiger charge is -2.43. The fourth-order valence-electron chi connectivity index (χ4n) is 3.17. The van der Waals surface area contributed by atoms with Gasteiger partial charge in [-0.15, -0.1) is 16.4 Å². The molecule has 2 N–H and O–H groups in total. The minimum absolute atomic E-state index is 0.337. The van der Waals surface area contributed by atoms with Gasteiger partial charge in [-0.2, -0.15) is 0 Å². The molecule has 5 atom stereocenters. The maximum Gasteiger partial charge on any atom is 0.145 e. The van der Waals surface area contributed by atoms with Crippen LogP contribution >= 0.6 is 39.0 Å². The predicted molar refractivity (Wildman–Crippen MR) is 111 cm³/mol. The zero-order chi connectivity index (χ0) is 20.4. The van der Waals surface area contributed by atoms with Gasteiger partial charge in [0.15, 0.2) is 0 Å². The number of hydrogen-bond donors (Lipinski definition) is 2. The summed E-state index contributed by atoms with van der Waals surface area (Å²) in [5, 5.41) is 31.6. The minimum Gasteiger partial charge on any atom is -0.394 e. The lowest BCUT2D eigenvalue weighted by Crippen LogP contribution is -2.55. The highest BCUT2D eigenvalue weighted by Gasteiger charge is 2.47. The van der Waals surface area contributed by atoms with Gasteiger partial charge in [0, 0.05) is 40.4 Å². The largest absolute Gasteiger partial charge is 0.394 e. The molecule has 29 heavy (non-hydrogen) atoms. The summed E-state index contributed by atoms with van der Waals surface area (Å²) in [6.45, 7) is -0.337. The zero-order valence-electron chi connectivity index (χ0n) is 15.2. The Morgan fingerprint density at radius 3 is 2.97 bits per heavy atom. The number of rotatable bonds is 6. The molecule has 154 valence electrons. The molecule has 0 spiro atoms. The van der Waals surface area contributed by atoms with Crippen molar-refractivity contribution in [2.45, 2.75) is 34.7 Å². The van der Waals surface area contributed by atoms with Crippen LogP contribution in [0.1, 0.15) is 6.04 Å². The monoisotopic (exact) mass is 499 g/mol. The van der Waals surface area contributed by atoms with Gasteiger partial charge in [-0.25, -0.2) is 9.67 Å². The molecule has 12 heteroatoms. The van der Waals surface area contributed by atoms with Crippen LogP contribution in [0.25, 0.3) is 10.7 Å². The molecule has 0 radical (unpaired) electrons. The molecule has 0 amide bonds. The molecule has 1 fully saturated rings. The molecule has 0 saturated carbocycles. The highest BCUT2D eigenvalue weighted by molar-refractivity contribution is 9.10. The fraction of sp³-hybridized carbons (Fsp3) is 0.412. The number of methoxy groups -OCH3 is 1. The molecular weight excluding hydrogens is 482 g/mol. The number of aliphatic hydroxyl groups excluding tert-OH is 2. The van der Waals surface area contributed by atoms with Gasteiger partial charge in [0.2, 0.25) is 0 Å². The van der Waals surface area contributed by atoms with Gasteiger partial charge < -0.3 is 19.7 Å². The molecular formula is C17H18BrN5O4S2. The van der Waals surface area contributed by atoms with Gasteiger partial charge in [0.1, 0.15) is 40.5 Å². The van der Waals surface area contributed by atoms with E-state index in [0.29, 0.717) is 5.69 Å². The second kappa shape index (κ2) is 9.16. The second-order valence-corrected chi connectivity index (χ2v) is 9.27. The van der Waals surface area contributed by atoms with Crippen LogP contribution in [-0.2, 0) is 9.47 Å². The first-order chi connectivity index (χ1) is 14.1. The first kappa shape index (κ1) is 20.8. The summed E-state index contributed by atoms with van der Waals surface area (Å²) in [7, 11) is 1.55. The number of hydrogen-bond acceptors (Lipinski definition) is 10. The van der Waals surface area contributed by atoms with Crippen LogP contribution in [0.2, 0.25) is 0 Å². The highest BCUT2D eigenvalue weighted by atomic mass is 79.9. The third-order valence-corrected chi connectivity index (χ3v) is 6.83. The van der Waals surface area contributed by atoms with Crippen LogP contribution < -0.4 is 0 Å². The van der Waals surface area contributed by atoms with Crippen molar-refractivity contribution in [2.75, 3.05) is 13.7 Å². The molecule has 3 aromatic rings. The van der Waals surface area contributed by atoms with E-state index in [4.69, 9.17) is 9.47 Å². The first-order valence-corrected chi connectivity index (χ1v) is 11.2. The lowest BCUT2D eigenvalue weighted by atomic mass is 9.97. The van der Waals surface area contributed by atoms with Gasteiger partial charge in [-0.3, -0.25) is 4.98 Å². The summed E-state index contributed by atoms with van der Waals surface area (Å²) < 4.78 is 14.1. The first-order valence-electron chi connectivity index (χ1n) is 8.66. The zero-order valence-corrected chi connectivity index (χ0v) is 18.4. The third-order valence-electron chi connectivity index (χ3n) is 4.50. The summed E-state index contributed by atoms with van der Waals surface area (Å²) in [5.74, 6) is 0. The van der Waals surface area contributed by atoms with E-state index in [0.717, 1.165) is 14.4 Å². The Balaban J connectivity index is 1.65. The smallest absolute Gasteiger partial charge is 0.145 e. The molecule has 3 aromatic heterocycles. The lowest BCUT2D eigenvalue weighted by molar-refractivity contribution is -0.186. The molecule has 0 unspecified atom stereocenters. The molecule has 9 nitrogen and oxygen atoms in total. The van der Waals surface area contributed by atoms with Crippen molar-refractivity contribution in [1.82, 2.24) is 25.0 Å². The number of halogens is 1. The molecule has 4 rings (SSSR count). The SMILES string of the molecule is CO[C@@H]1[C@@H](n2cc(-c3nccs3)nn2)[C@@H](O)[C@@H](CO)O[C@@H]1Sc1cncc(Br)c1. The van der Waals surface area contributed by atoms with Crippen molar-refractivity contribution in [3.8, 4) is 10.7 Å². The van der Waals surface area contributed by atoms with Crippen molar-refractivity contribution in [3.05, 3.63) is 40.7 Å². The van der Waals surface area contributed by atoms with E-state index in [-0.39, 0.29) is 6.61 Å². The molecule has 1 aliphatic rings. The second-order valence-electron chi connectivity index (χ2n) is 6.28. The Morgan fingerprint density at radius 2 is 2.28 bits per heavy atom. The van der Waals surface area contributed by atoms with Crippen molar-refractivity contribution in [1.29, 1.82) is 0 Å². The number of aromatic nitrogens is 5. The van der Waals surface area contributed by atoms with Crippen molar-refractivity contribution < 1.29 is 19.7 Å². The van der Waals surface area contributed by atoms with Crippen molar-refractivity contribution >= 4 is 39.0 Å². The van der Waals surface area contributed by atoms with Crippen LogP contribution in [0.4, 0.5) is 0 Å². The van der Waals surface area contributed by atoms with E-state index in [1.54, 1.807) is 36.6 Å². The molecule has 0 bridgehead atoms. The average molecular weight is 500 g/mol. The van der Waals surface area contributed by atoms with Crippen LogP contribution in [0.5, 0.6) is 0 Å². The van der Waals surface area contributed by atoms with Gasteiger partial charge in [-0.1, -0.05) is 17.0 Å². The normalized spacial score (nSPS) is 27.2. The maximum atomic E-state index is 10.9. The maximum absolute atomic E-state index is 10.9. The average Bonchev–Trinajstić information content (AvgIpc) is 3.40. The summed E-state index contributed by atoms with van der Waals surface area (Å²) >= 11 is 6.26. The third kappa shape index (κ3) is 4.38. The minimum atomic E-state index is -1.03. The topological polar surface area (TPSA) is 115 Å². The molecule has 1 saturated heterocycles. The van der Waals surface area contributed by atoms with E-state index in [2.05, 4.69) is 36.2 Å². The van der Waals surface area contributed by atoms with Crippen molar-refractivity contribution in [3.63, 3.8) is 0 Å². The quantitative estimate of drug-likeness (QED) is 0.524. The number of aliphatic hydroxyl groups is 2. The number of thiazole rings is 1. The number of thioether (sulfide) groups is 1. The predicted octanol–water partition coefficient (Wildman–Crippen LogP) is 1.99. The molecule has 1 aliphatic heterocycles. The van der Waals surface area contributed by atoms with Crippen LogP contribution in [-0.4, -0.2) is 72.6 Å². The molecule has 4 heterocycles. The standard InChI is InChI=1S/C17H18BrN5O4S2/c1-26-15-13(23-7-11(21-22-23)16-20-2-3-28-16)14(25)12(8-24)27-17(15)29-10-4-9(18)5-19-6-10/h2-7,12-15,17,24-25H,8H2,1H3/t12-,13+,14+,15-,17-/m1/s1. The Kier molecular flexibility index (Phi) is 6.59.